The maximum Gasteiger partial charge on any atom is 0.222 e. The number of carbonyl (C=O) groups excluding carboxylic acids is 1. The molecular formula is C22H30N2OS. The lowest BCUT2D eigenvalue weighted by Gasteiger charge is -2.37. The van der Waals surface area contributed by atoms with Gasteiger partial charge in [-0.3, -0.25) is 4.79 Å². The second-order valence-corrected chi connectivity index (χ2v) is 8.10. The first kappa shape index (κ1) is 19.1. The van der Waals surface area contributed by atoms with Crippen molar-refractivity contribution in [3.63, 3.8) is 0 Å². The summed E-state index contributed by atoms with van der Waals surface area (Å²) in [7, 11) is 1.99. The Balaban J connectivity index is 1.41. The molecule has 1 aliphatic heterocycles. The fraction of sp³-hybridized carbons (Fsp3) is 0.500. The molecule has 1 unspecified atom stereocenters. The highest BCUT2D eigenvalue weighted by atomic mass is 32.1. The standard InChI is InChI=1S/C22H30N2OS/c1-23(22(25)12-11-20-13-16-26-18-20)21-10-6-15-24(17-21)14-5-9-19-7-3-2-4-8-19/h2-4,7-8,13,16,18,21H,5-6,9-12,14-15,17H2,1H3. The monoisotopic (exact) mass is 370 g/mol. The number of aryl methyl sites for hydroxylation is 2. The van der Waals surface area contributed by atoms with Crippen LogP contribution in [0.5, 0.6) is 0 Å². The van der Waals surface area contributed by atoms with E-state index >= 15 is 0 Å². The topological polar surface area (TPSA) is 23.6 Å². The molecule has 1 fully saturated rings. The first-order valence-electron chi connectivity index (χ1n) is 9.75. The molecule has 1 atom stereocenters. The molecule has 0 radical (unpaired) electrons. The van der Waals surface area contributed by atoms with Gasteiger partial charge in [0.2, 0.25) is 5.91 Å². The minimum absolute atomic E-state index is 0.285. The van der Waals surface area contributed by atoms with Crippen molar-refractivity contribution in [2.24, 2.45) is 0 Å². The molecule has 0 aliphatic carbocycles. The van der Waals surface area contributed by atoms with E-state index in [1.165, 1.54) is 30.5 Å². The van der Waals surface area contributed by atoms with E-state index in [4.69, 9.17) is 0 Å². The lowest BCUT2D eigenvalue weighted by atomic mass is 10.0. The summed E-state index contributed by atoms with van der Waals surface area (Å²) in [6.07, 6.45) is 6.13. The number of rotatable bonds is 8. The predicted octanol–water partition coefficient (Wildman–Crippen LogP) is 4.24. The number of likely N-dealkylation sites (N-methyl/N-ethyl adjacent to an activating group) is 1. The predicted molar refractivity (Wildman–Crippen MR) is 110 cm³/mol. The van der Waals surface area contributed by atoms with Crippen molar-refractivity contribution in [2.45, 2.75) is 44.6 Å². The number of likely N-dealkylation sites (tertiary alicyclic amines) is 1. The Kier molecular flexibility index (Phi) is 7.27. The van der Waals surface area contributed by atoms with Crippen LogP contribution in [-0.2, 0) is 17.6 Å². The van der Waals surface area contributed by atoms with Crippen LogP contribution in [0.4, 0.5) is 0 Å². The molecule has 2 heterocycles. The molecule has 140 valence electrons. The van der Waals surface area contributed by atoms with Crippen molar-refractivity contribution < 1.29 is 4.79 Å². The minimum Gasteiger partial charge on any atom is -0.341 e. The Morgan fingerprint density at radius 3 is 2.81 bits per heavy atom. The highest BCUT2D eigenvalue weighted by molar-refractivity contribution is 7.07. The van der Waals surface area contributed by atoms with Gasteiger partial charge in [-0.15, -0.1) is 0 Å². The number of benzene rings is 1. The highest BCUT2D eigenvalue weighted by Gasteiger charge is 2.25. The van der Waals surface area contributed by atoms with Gasteiger partial charge < -0.3 is 9.80 Å². The zero-order valence-electron chi connectivity index (χ0n) is 15.8. The van der Waals surface area contributed by atoms with Gasteiger partial charge in [0, 0.05) is 26.1 Å². The first-order valence-corrected chi connectivity index (χ1v) is 10.7. The molecule has 4 heteroatoms. The van der Waals surface area contributed by atoms with Gasteiger partial charge in [0.15, 0.2) is 0 Å². The van der Waals surface area contributed by atoms with Crippen LogP contribution in [0.3, 0.4) is 0 Å². The van der Waals surface area contributed by atoms with E-state index < -0.39 is 0 Å². The quantitative estimate of drug-likeness (QED) is 0.694. The molecule has 1 aliphatic rings. The average molecular weight is 371 g/mol. The van der Waals surface area contributed by atoms with Gasteiger partial charge in [-0.05, 0) is 73.1 Å². The van der Waals surface area contributed by atoms with Crippen LogP contribution in [0, 0.1) is 0 Å². The van der Waals surface area contributed by atoms with E-state index in [9.17, 15) is 4.79 Å². The van der Waals surface area contributed by atoms with Gasteiger partial charge in [-0.2, -0.15) is 11.3 Å². The second kappa shape index (κ2) is 9.89. The van der Waals surface area contributed by atoms with Crippen LogP contribution in [0.15, 0.2) is 47.2 Å². The second-order valence-electron chi connectivity index (χ2n) is 7.32. The fourth-order valence-corrected chi connectivity index (χ4v) is 4.47. The minimum atomic E-state index is 0.285. The van der Waals surface area contributed by atoms with E-state index in [2.05, 4.69) is 52.1 Å². The maximum absolute atomic E-state index is 12.6. The summed E-state index contributed by atoms with van der Waals surface area (Å²) in [6, 6.07) is 13.2. The third-order valence-electron chi connectivity index (χ3n) is 5.41. The highest BCUT2D eigenvalue weighted by Crippen LogP contribution is 2.17. The number of nitrogens with zero attached hydrogens (tertiary/aromatic N) is 2. The van der Waals surface area contributed by atoms with Gasteiger partial charge in [0.1, 0.15) is 0 Å². The molecule has 1 aromatic heterocycles. The summed E-state index contributed by atoms with van der Waals surface area (Å²) in [4.78, 5) is 17.1. The zero-order valence-corrected chi connectivity index (χ0v) is 16.6. The molecule has 3 nitrogen and oxygen atoms in total. The maximum atomic E-state index is 12.6. The number of hydrogen-bond acceptors (Lipinski definition) is 3. The van der Waals surface area contributed by atoms with Crippen LogP contribution < -0.4 is 0 Å². The molecule has 1 aromatic carbocycles. The van der Waals surface area contributed by atoms with Crippen molar-refractivity contribution in [3.8, 4) is 0 Å². The first-order chi connectivity index (χ1) is 12.7. The van der Waals surface area contributed by atoms with Crippen LogP contribution in [0.25, 0.3) is 0 Å². The third kappa shape index (κ3) is 5.68. The van der Waals surface area contributed by atoms with Gasteiger partial charge in [-0.25, -0.2) is 0 Å². The van der Waals surface area contributed by atoms with Gasteiger partial charge in [-0.1, -0.05) is 30.3 Å². The van der Waals surface area contributed by atoms with Gasteiger partial charge >= 0.3 is 0 Å². The van der Waals surface area contributed by atoms with E-state index in [1.54, 1.807) is 11.3 Å². The molecular weight excluding hydrogens is 340 g/mol. The van der Waals surface area contributed by atoms with Crippen LogP contribution >= 0.6 is 11.3 Å². The number of piperidine rings is 1. The van der Waals surface area contributed by atoms with Crippen molar-refractivity contribution in [1.82, 2.24) is 9.80 Å². The Labute approximate surface area is 161 Å². The molecule has 3 rings (SSSR count). The van der Waals surface area contributed by atoms with Gasteiger partial charge in [0.05, 0.1) is 0 Å². The van der Waals surface area contributed by atoms with Crippen molar-refractivity contribution >= 4 is 17.2 Å². The molecule has 0 saturated carbocycles. The summed E-state index contributed by atoms with van der Waals surface area (Å²) in [5.41, 5.74) is 2.70. The van der Waals surface area contributed by atoms with Crippen molar-refractivity contribution in [3.05, 3.63) is 58.3 Å². The van der Waals surface area contributed by atoms with Crippen LogP contribution in [0.2, 0.25) is 0 Å². The average Bonchev–Trinajstić information content (AvgIpc) is 3.20. The van der Waals surface area contributed by atoms with Crippen LogP contribution in [0.1, 0.15) is 36.8 Å². The Hall–Kier alpha value is -1.65. The van der Waals surface area contributed by atoms with E-state index in [0.717, 1.165) is 32.4 Å². The smallest absolute Gasteiger partial charge is 0.222 e. The van der Waals surface area contributed by atoms with E-state index in [1.807, 2.05) is 11.9 Å². The molecule has 2 aromatic rings. The number of hydrogen-bond donors (Lipinski definition) is 0. The van der Waals surface area contributed by atoms with Crippen LogP contribution in [-0.4, -0.2) is 48.4 Å². The van der Waals surface area contributed by atoms with Crippen molar-refractivity contribution in [1.29, 1.82) is 0 Å². The summed E-state index contributed by atoms with van der Waals surface area (Å²) < 4.78 is 0. The number of amides is 1. The molecule has 26 heavy (non-hydrogen) atoms. The SMILES string of the molecule is CN(C(=O)CCc1ccsc1)C1CCCN(CCCc2ccccc2)C1. The molecule has 0 N–H and O–H groups in total. The Morgan fingerprint density at radius 2 is 2.04 bits per heavy atom. The van der Waals surface area contributed by atoms with Gasteiger partial charge in [0.25, 0.3) is 0 Å². The Bertz CT molecular complexity index is 656. The van der Waals surface area contributed by atoms with Crippen molar-refractivity contribution in [2.75, 3.05) is 26.7 Å². The lowest BCUT2D eigenvalue weighted by molar-refractivity contribution is -0.133. The molecule has 0 spiro atoms. The zero-order chi connectivity index (χ0) is 18.2. The Morgan fingerprint density at radius 1 is 1.19 bits per heavy atom. The fourth-order valence-electron chi connectivity index (χ4n) is 3.77. The lowest BCUT2D eigenvalue weighted by Crippen LogP contribution is -2.48. The number of thiophene rings is 1. The normalized spacial score (nSPS) is 18.0. The molecule has 1 amide bonds. The van der Waals surface area contributed by atoms with E-state index in [0.29, 0.717) is 12.5 Å². The third-order valence-corrected chi connectivity index (χ3v) is 6.14. The summed E-state index contributed by atoms with van der Waals surface area (Å²) in [6.45, 7) is 3.32. The number of carbonyl (C=O) groups is 1. The summed E-state index contributed by atoms with van der Waals surface area (Å²) >= 11 is 1.70. The largest absolute Gasteiger partial charge is 0.341 e. The summed E-state index contributed by atoms with van der Waals surface area (Å²) in [5, 5.41) is 4.22. The molecule has 0 bridgehead atoms. The molecule has 1 saturated heterocycles. The van der Waals surface area contributed by atoms with E-state index in [-0.39, 0.29) is 5.91 Å². The summed E-state index contributed by atoms with van der Waals surface area (Å²) in [5.74, 6) is 0.285.